The van der Waals surface area contributed by atoms with Crippen molar-refractivity contribution in [2.45, 2.75) is 25.8 Å². The van der Waals surface area contributed by atoms with Crippen LogP contribution in [0.15, 0.2) is 36.4 Å². The standard InChI is InChI=1S/C18H20N4/c1-22-18-10-11-19-12-15(18)17(21-22)9-8-14-7-6-13-4-2-3-5-16(13)20-14/h2-7,19H,8-12H2,1H3. The Kier molecular flexibility index (Phi) is 3.39. The topological polar surface area (TPSA) is 42.7 Å². The lowest BCUT2D eigenvalue weighted by molar-refractivity contribution is 0.604. The van der Waals surface area contributed by atoms with Crippen molar-refractivity contribution in [3.8, 4) is 0 Å². The Bertz CT molecular complexity index is 819. The van der Waals surface area contributed by atoms with Crippen LogP contribution < -0.4 is 5.32 Å². The molecule has 1 aromatic carbocycles. The number of aryl methyl sites for hydroxylation is 3. The molecule has 0 bridgehead atoms. The molecule has 0 atom stereocenters. The van der Waals surface area contributed by atoms with Gasteiger partial charge in [-0.1, -0.05) is 24.3 Å². The van der Waals surface area contributed by atoms with Crippen LogP contribution in [0.25, 0.3) is 10.9 Å². The molecule has 0 saturated heterocycles. The van der Waals surface area contributed by atoms with Crippen molar-refractivity contribution in [2.24, 2.45) is 7.05 Å². The summed E-state index contributed by atoms with van der Waals surface area (Å²) in [6, 6.07) is 12.6. The maximum atomic E-state index is 4.76. The summed E-state index contributed by atoms with van der Waals surface area (Å²) in [4.78, 5) is 4.76. The average Bonchev–Trinajstić information content (AvgIpc) is 2.89. The first-order valence-corrected chi connectivity index (χ1v) is 7.90. The van der Waals surface area contributed by atoms with Crippen LogP contribution in [0.2, 0.25) is 0 Å². The van der Waals surface area contributed by atoms with Crippen LogP contribution in [-0.2, 0) is 32.9 Å². The predicted octanol–water partition coefficient (Wildman–Crippen LogP) is 2.40. The number of hydrogen-bond donors (Lipinski definition) is 1. The van der Waals surface area contributed by atoms with E-state index in [0.29, 0.717) is 0 Å². The summed E-state index contributed by atoms with van der Waals surface area (Å²) in [6.45, 7) is 2.00. The number of nitrogens with zero attached hydrogens (tertiary/aromatic N) is 3. The number of nitrogens with one attached hydrogen (secondary N) is 1. The third-order valence-electron chi connectivity index (χ3n) is 4.47. The Morgan fingerprint density at radius 2 is 2.05 bits per heavy atom. The van der Waals surface area contributed by atoms with Crippen LogP contribution in [0, 0.1) is 0 Å². The van der Waals surface area contributed by atoms with Crippen LogP contribution >= 0.6 is 0 Å². The summed E-state index contributed by atoms with van der Waals surface area (Å²) in [5.74, 6) is 0. The average molecular weight is 292 g/mol. The zero-order chi connectivity index (χ0) is 14.9. The largest absolute Gasteiger partial charge is 0.312 e. The smallest absolute Gasteiger partial charge is 0.0705 e. The number of fused-ring (bicyclic) bond motifs is 2. The first-order valence-electron chi connectivity index (χ1n) is 7.90. The summed E-state index contributed by atoms with van der Waals surface area (Å²) < 4.78 is 2.05. The molecule has 4 nitrogen and oxygen atoms in total. The van der Waals surface area contributed by atoms with Gasteiger partial charge in [-0.05, 0) is 25.0 Å². The lowest BCUT2D eigenvalue weighted by Gasteiger charge is -2.14. The normalized spacial score (nSPS) is 14.2. The number of benzene rings is 1. The molecule has 3 heterocycles. The van der Waals surface area contributed by atoms with Crippen LogP contribution in [-0.4, -0.2) is 21.3 Å². The van der Waals surface area contributed by atoms with E-state index in [2.05, 4.69) is 47.4 Å². The second-order valence-corrected chi connectivity index (χ2v) is 5.92. The minimum Gasteiger partial charge on any atom is -0.312 e. The van der Waals surface area contributed by atoms with Gasteiger partial charge >= 0.3 is 0 Å². The zero-order valence-electron chi connectivity index (χ0n) is 12.8. The maximum absolute atomic E-state index is 4.76. The summed E-state index contributed by atoms with van der Waals surface area (Å²) in [7, 11) is 2.06. The van der Waals surface area contributed by atoms with Crippen molar-refractivity contribution in [2.75, 3.05) is 6.54 Å². The summed E-state index contributed by atoms with van der Waals surface area (Å²) >= 11 is 0. The highest BCUT2D eigenvalue weighted by Gasteiger charge is 2.18. The molecule has 4 heteroatoms. The number of aromatic nitrogens is 3. The molecular formula is C18H20N4. The monoisotopic (exact) mass is 292 g/mol. The molecule has 1 aliphatic heterocycles. The van der Waals surface area contributed by atoms with E-state index in [1.807, 2.05) is 6.07 Å². The van der Waals surface area contributed by atoms with E-state index in [-0.39, 0.29) is 0 Å². The van der Waals surface area contributed by atoms with Crippen LogP contribution in [0.3, 0.4) is 0 Å². The molecular weight excluding hydrogens is 272 g/mol. The number of para-hydroxylation sites is 1. The van der Waals surface area contributed by atoms with E-state index in [1.54, 1.807) is 0 Å². The predicted molar refractivity (Wildman–Crippen MR) is 87.8 cm³/mol. The Hall–Kier alpha value is -2.20. The lowest BCUT2D eigenvalue weighted by Crippen LogP contribution is -2.24. The highest BCUT2D eigenvalue weighted by Crippen LogP contribution is 2.19. The third-order valence-corrected chi connectivity index (χ3v) is 4.47. The molecule has 1 aliphatic rings. The fraction of sp³-hybridized carbons (Fsp3) is 0.333. The molecule has 22 heavy (non-hydrogen) atoms. The van der Waals surface area contributed by atoms with Gasteiger partial charge in [-0.15, -0.1) is 0 Å². The number of hydrogen-bond acceptors (Lipinski definition) is 3. The molecule has 0 amide bonds. The van der Waals surface area contributed by atoms with Gasteiger partial charge in [-0.3, -0.25) is 9.67 Å². The summed E-state index contributed by atoms with van der Waals surface area (Å²) in [5.41, 5.74) is 6.22. The maximum Gasteiger partial charge on any atom is 0.0705 e. The molecule has 3 aromatic rings. The first kappa shape index (κ1) is 13.5. The quantitative estimate of drug-likeness (QED) is 0.806. The fourth-order valence-corrected chi connectivity index (χ4v) is 3.30. The molecule has 0 radical (unpaired) electrons. The Labute approximate surface area is 130 Å². The van der Waals surface area contributed by atoms with Crippen LogP contribution in [0.5, 0.6) is 0 Å². The minimum absolute atomic E-state index is 0.939. The van der Waals surface area contributed by atoms with E-state index in [1.165, 1.54) is 22.3 Å². The third kappa shape index (κ3) is 2.40. The molecule has 0 unspecified atom stereocenters. The molecule has 4 rings (SSSR count). The molecule has 0 saturated carbocycles. The second-order valence-electron chi connectivity index (χ2n) is 5.92. The molecule has 112 valence electrons. The Morgan fingerprint density at radius 3 is 3.00 bits per heavy atom. The van der Waals surface area contributed by atoms with Crippen molar-refractivity contribution in [3.05, 3.63) is 59.0 Å². The van der Waals surface area contributed by atoms with Crippen molar-refractivity contribution in [1.82, 2.24) is 20.1 Å². The highest BCUT2D eigenvalue weighted by atomic mass is 15.3. The Morgan fingerprint density at radius 1 is 1.14 bits per heavy atom. The number of pyridine rings is 1. The fourth-order valence-electron chi connectivity index (χ4n) is 3.30. The van der Waals surface area contributed by atoms with Crippen LogP contribution in [0.4, 0.5) is 0 Å². The molecule has 2 aromatic heterocycles. The van der Waals surface area contributed by atoms with E-state index in [4.69, 9.17) is 10.1 Å². The van der Waals surface area contributed by atoms with Gasteiger partial charge in [0.15, 0.2) is 0 Å². The van der Waals surface area contributed by atoms with Gasteiger partial charge in [0.1, 0.15) is 0 Å². The lowest BCUT2D eigenvalue weighted by atomic mass is 10.0. The zero-order valence-corrected chi connectivity index (χ0v) is 12.8. The van der Waals surface area contributed by atoms with Gasteiger partial charge in [0, 0.05) is 48.9 Å². The van der Waals surface area contributed by atoms with Crippen molar-refractivity contribution < 1.29 is 0 Å². The van der Waals surface area contributed by atoms with E-state index >= 15 is 0 Å². The first-order chi connectivity index (χ1) is 10.8. The second kappa shape index (κ2) is 5.54. The molecule has 0 aliphatic carbocycles. The molecule has 1 N–H and O–H groups in total. The minimum atomic E-state index is 0.939. The van der Waals surface area contributed by atoms with Crippen molar-refractivity contribution in [3.63, 3.8) is 0 Å². The summed E-state index contributed by atoms with van der Waals surface area (Å²) in [5, 5.41) is 9.37. The Balaban J connectivity index is 1.56. The van der Waals surface area contributed by atoms with Gasteiger partial charge in [0.05, 0.1) is 11.2 Å². The van der Waals surface area contributed by atoms with Gasteiger partial charge in [0.2, 0.25) is 0 Å². The van der Waals surface area contributed by atoms with Gasteiger partial charge < -0.3 is 5.32 Å². The van der Waals surface area contributed by atoms with Gasteiger partial charge in [-0.2, -0.15) is 5.10 Å². The molecule has 0 spiro atoms. The van der Waals surface area contributed by atoms with E-state index in [9.17, 15) is 0 Å². The summed E-state index contributed by atoms with van der Waals surface area (Å²) in [6.07, 6.45) is 2.97. The van der Waals surface area contributed by atoms with Gasteiger partial charge in [-0.25, -0.2) is 0 Å². The van der Waals surface area contributed by atoms with Crippen molar-refractivity contribution in [1.29, 1.82) is 0 Å². The van der Waals surface area contributed by atoms with Crippen molar-refractivity contribution >= 4 is 10.9 Å². The highest BCUT2D eigenvalue weighted by molar-refractivity contribution is 5.78. The van der Waals surface area contributed by atoms with Crippen LogP contribution in [0.1, 0.15) is 22.6 Å². The molecule has 0 fully saturated rings. The SMILES string of the molecule is Cn1nc(CCc2ccc3ccccc3n2)c2c1CCNC2. The van der Waals surface area contributed by atoms with Gasteiger partial charge in [0.25, 0.3) is 0 Å². The van der Waals surface area contributed by atoms with E-state index < -0.39 is 0 Å². The number of rotatable bonds is 3. The van der Waals surface area contributed by atoms with E-state index in [0.717, 1.165) is 43.6 Å².